The van der Waals surface area contributed by atoms with Crippen LogP contribution in [-0.2, 0) is 4.79 Å². The van der Waals surface area contributed by atoms with E-state index in [0.717, 1.165) is 12.1 Å². The Balaban J connectivity index is 2.57. The summed E-state index contributed by atoms with van der Waals surface area (Å²) in [6.45, 7) is 10.1. The first-order chi connectivity index (χ1) is 8.34. The first kappa shape index (κ1) is 14.6. The summed E-state index contributed by atoms with van der Waals surface area (Å²) in [5.74, 6) is 0.0300. The van der Waals surface area contributed by atoms with E-state index in [1.165, 1.54) is 5.56 Å². The van der Waals surface area contributed by atoms with Crippen LogP contribution in [0.25, 0.3) is 0 Å². The molecular formula is C15H24N2O. The van der Waals surface area contributed by atoms with Gasteiger partial charge in [-0.3, -0.25) is 4.79 Å². The lowest BCUT2D eigenvalue weighted by Crippen LogP contribution is -2.48. The largest absolute Gasteiger partial charge is 0.374 e. The molecule has 0 radical (unpaired) electrons. The molecule has 1 aromatic rings. The minimum absolute atomic E-state index is 0.0300. The van der Waals surface area contributed by atoms with Crippen LogP contribution in [-0.4, -0.2) is 17.5 Å². The van der Waals surface area contributed by atoms with Crippen molar-refractivity contribution in [3.05, 3.63) is 29.8 Å². The van der Waals surface area contributed by atoms with Crippen molar-refractivity contribution in [2.75, 3.05) is 5.32 Å². The predicted molar refractivity (Wildman–Crippen MR) is 76.8 cm³/mol. The number of benzene rings is 1. The Bertz CT molecular complexity index is 395. The van der Waals surface area contributed by atoms with Gasteiger partial charge < -0.3 is 10.6 Å². The van der Waals surface area contributed by atoms with E-state index in [1.54, 1.807) is 0 Å². The Hall–Kier alpha value is -1.51. The molecule has 100 valence electrons. The smallest absolute Gasteiger partial charge is 0.242 e. The number of hydrogen-bond acceptors (Lipinski definition) is 2. The van der Waals surface area contributed by atoms with Crippen LogP contribution in [0.5, 0.6) is 0 Å². The topological polar surface area (TPSA) is 41.1 Å². The summed E-state index contributed by atoms with van der Waals surface area (Å²) in [4.78, 5) is 12.0. The molecule has 3 heteroatoms. The Kier molecular flexibility index (Phi) is 4.76. The highest BCUT2D eigenvalue weighted by Gasteiger charge is 2.21. The molecule has 2 N–H and O–H groups in total. The molecule has 0 spiro atoms. The third-order valence-corrected chi connectivity index (χ3v) is 3.17. The summed E-state index contributed by atoms with van der Waals surface area (Å²) >= 11 is 0. The summed E-state index contributed by atoms with van der Waals surface area (Å²) in [5.41, 5.74) is 2.03. The summed E-state index contributed by atoms with van der Waals surface area (Å²) in [7, 11) is 0. The molecule has 0 fully saturated rings. The quantitative estimate of drug-likeness (QED) is 0.840. The standard InChI is InChI=1S/C15H24N2O/c1-6-15(4,5)17-14(18)12(3)16-13-9-7-11(2)8-10-13/h7-10,12,16H,6H2,1-5H3,(H,17,18). The number of carbonyl (C=O) groups excluding carboxylic acids is 1. The van der Waals surface area contributed by atoms with Crippen molar-refractivity contribution in [2.45, 2.75) is 52.6 Å². The zero-order valence-electron chi connectivity index (χ0n) is 12.0. The average Bonchev–Trinajstić information content (AvgIpc) is 2.31. The van der Waals surface area contributed by atoms with Crippen LogP contribution in [0.4, 0.5) is 5.69 Å². The highest BCUT2D eigenvalue weighted by Crippen LogP contribution is 2.11. The van der Waals surface area contributed by atoms with E-state index in [1.807, 2.05) is 52.0 Å². The minimum atomic E-state index is -0.237. The molecule has 1 atom stereocenters. The van der Waals surface area contributed by atoms with Gasteiger partial charge in [0.15, 0.2) is 0 Å². The van der Waals surface area contributed by atoms with Gasteiger partial charge in [0.1, 0.15) is 6.04 Å². The van der Waals surface area contributed by atoms with Crippen molar-refractivity contribution in [1.29, 1.82) is 0 Å². The van der Waals surface area contributed by atoms with E-state index in [2.05, 4.69) is 17.6 Å². The number of anilines is 1. The third-order valence-electron chi connectivity index (χ3n) is 3.17. The molecule has 18 heavy (non-hydrogen) atoms. The van der Waals surface area contributed by atoms with Crippen LogP contribution < -0.4 is 10.6 Å². The normalized spacial score (nSPS) is 12.9. The van der Waals surface area contributed by atoms with Gasteiger partial charge in [-0.15, -0.1) is 0 Å². The summed E-state index contributed by atoms with van der Waals surface area (Å²) in [6.07, 6.45) is 0.913. The monoisotopic (exact) mass is 248 g/mol. The summed E-state index contributed by atoms with van der Waals surface area (Å²) in [6, 6.07) is 7.80. The molecular weight excluding hydrogens is 224 g/mol. The summed E-state index contributed by atoms with van der Waals surface area (Å²) in [5, 5.41) is 6.24. The van der Waals surface area contributed by atoms with Crippen molar-refractivity contribution in [3.63, 3.8) is 0 Å². The lowest BCUT2D eigenvalue weighted by atomic mass is 10.0. The second kappa shape index (κ2) is 5.89. The van der Waals surface area contributed by atoms with E-state index in [0.29, 0.717) is 0 Å². The molecule has 1 aromatic carbocycles. The molecule has 0 heterocycles. The van der Waals surface area contributed by atoms with Gasteiger partial charge in [0, 0.05) is 11.2 Å². The molecule has 3 nitrogen and oxygen atoms in total. The van der Waals surface area contributed by atoms with Crippen LogP contribution in [0.1, 0.15) is 39.7 Å². The van der Waals surface area contributed by atoms with Crippen molar-refractivity contribution in [2.24, 2.45) is 0 Å². The van der Waals surface area contributed by atoms with Crippen molar-refractivity contribution in [1.82, 2.24) is 5.32 Å². The molecule has 1 amide bonds. The number of nitrogens with one attached hydrogen (secondary N) is 2. The first-order valence-corrected chi connectivity index (χ1v) is 6.49. The molecule has 0 aromatic heterocycles. The molecule has 0 saturated heterocycles. The van der Waals surface area contributed by atoms with Crippen LogP contribution in [0.3, 0.4) is 0 Å². The van der Waals surface area contributed by atoms with Gasteiger partial charge in [0.05, 0.1) is 0 Å². The van der Waals surface area contributed by atoms with Gasteiger partial charge in [-0.25, -0.2) is 0 Å². The van der Waals surface area contributed by atoms with Crippen LogP contribution in [0, 0.1) is 6.92 Å². The lowest BCUT2D eigenvalue weighted by Gasteiger charge is -2.27. The van der Waals surface area contributed by atoms with Gasteiger partial charge in [-0.2, -0.15) is 0 Å². The van der Waals surface area contributed by atoms with Gasteiger partial charge in [-0.1, -0.05) is 24.6 Å². The highest BCUT2D eigenvalue weighted by atomic mass is 16.2. The minimum Gasteiger partial charge on any atom is -0.374 e. The van der Waals surface area contributed by atoms with Gasteiger partial charge in [-0.05, 0) is 46.2 Å². The SMILES string of the molecule is CCC(C)(C)NC(=O)C(C)Nc1ccc(C)cc1. The van der Waals surface area contributed by atoms with E-state index < -0.39 is 0 Å². The second-order valence-electron chi connectivity index (χ2n) is 5.46. The lowest BCUT2D eigenvalue weighted by molar-refractivity contribution is -0.123. The maximum absolute atomic E-state index is 12.0. The first-order valence-electron chi connectivity index (χ1n) is 6.49. The fourth-order valence-corrected chi connectivity index (χ4v) is 1.50. The van der Waals surface area contributed by atoms with Gasteiger partial charge in [0.25, 0.3) is 0 Å². The Morgan fingerprint density at radius 1 is 1.28 bits per heavy atom. The van der Waals surface area contributed by atoms with Crippen molar-refractivity contribution < 1.29 is 4.79 Å². The maximum Gasteiger partial charge on any atom is 0.242 e. The molecule has 0 aliphatic heterocycles. The second-order valence-corrected chi connectivity index (χ2v) is 5.46. The number of carbonyl (C=O) groups is 1. The van der Waals surface area contributed by atoms with E-state index >= 15 is 0 Å². The average molecular weight is 248 g/mol. The van der Waals surface area contributed by atoms with E-state index in [4.69, 9.17) is 0 Å². The van der Waals surface area contributed by atoms with Crippen molar-refractivity contribution >= 4 is 11.6 Å². The van der Waals surface area contributed by atoms with Gasteiger partial charge >= 0.3 is 0 Å². The zero-order chi connectivity index (χ0) is 13.8. The molecule has 0 saturated carbocycles. The Morgan fingerprint density at radius 3 is 2.33 bits per heavy atom. The predicted octanol–water partition coefficient (Wildman–Crippen LogP) is 3.10. The molecule has 0 aliphatic carbocycles. The highest BCUT2D eigenvalue weighted by molar-refractivity contribution is 5.84. The fourth-order valence-electron chi connectivity index (χ4n) is 1.50. The molecule has 0 aliphatic rings. The molecule has 1 unspecified atom stereocenters. The van der Waals surface area contributed by atoms with E-state index in [-0.39, 0.29) is 17.5 Å². The third kappa shape index (κ3) is 4.40. The summed E-state index contributed by atoms with van der Waals surface area (Å²) < 4.78 is 0. The maximum atomic E-state index is 12.0. The Labute approximate surface area is 110 Å². The van der Waals surface area contributed by atoms with Crippen LogP contribution in [0.15, 0.2) is 24.3 Å². The number of hydrogen-bond donors (Lipinski definition) is 2. The number of amides is 1. The number of aryl methyl sites for hydroxylation is 1. The Morgan fingerprint density at radius 2 is 1.83 bits per heavy atom. The van der Waals surface area contributed by atoms with Crippen LogP contribution in [0.2, 0.25) is 0 Å². The fraction of sp³-hybridized carbons (Fsp3) is 0.533. The number of rotatable bonds is 5. The molecule has 0 bridgehead atoms. The van der Waals surface area contributed by atoms with E-state index in [9.17, 15) is 4.79 Å². The zero-order valence-corrected chi connectivity index (χ0v) is 12.0. The van der Waals surface area contributed by atoms with Crippen LogP contribution >= 0.6 is 0 Å². The molecule has 1 rings (SSSR count). The van der Waals surface area contributed by atoms with Gasteiger partial charge in [0.2, 0.25) is 5.91 Å². The van der Waals surface area contributed by atoms with Crippen molar-refractivity contribution in [3.8, 4) is 0 Å².